The van der Waals surface area contributed by atoms with Gasteiger partial charge in [-0.05, 0) is 49.8 Å². The smallest absolute Gasteiger partial charge is 0.249 e. The summed E-state index contributed by atoms with van der Waals surface area (Å²) in [6.45, 7) is 7.32. The molecule has 1 atom stereocenters. The Morgan fingerprint density at radius 2 is 1.88 bits per heavy atom. The van der Waals surface area contributed by atoms with Crippen molar-refractivity contribution in [3.05, 3.63) is 29.3 Å². The van der Waals surface area contributed by atoms with Gasteiger partial charge in [-0.25, -0.2) is 8.42 Å². The van der Waals surface area contributed by atoms with Crippen molar-refractivity contribution in [2.24, 2.45) is 0 Å². The van der Waals surface area contributed by atoms with Crippen LogP contribution in [-0.2, 0) is 14.8 Å². The highest BCUT2D eigenvalue weighted by molar-refractivity contribution is 8.01. The van der Waals surface area contributed by atoms with Gasteiger partial charge in [-0.15, -0.1) is 10.2 Å². The second kappa shape index (κ2) is 8.36. The van der Waals surface area contributed by atoms with Gasteiger partial charge in [-0.3, -0.25) is 14.4 Å². The summed E-state index contributed by atoms with van der Waals surface area (Å²) in [7, 11) is -3.66. The van der Waals surface area contributed by atoms with Gasteiger partial charge in [0, 0.05) is 0 Å². The maximum atomic E-state index is 12.6. The van der Waals surface area contributed by atoms with Gasteiger partial charge in [0.1, 0.15) is 6.04 Å². The van der Waals surface area contributed by atoms with Gasteiger partial charge < -0.3 is 0 Å². The van der Waals surface area contributed by atoms with E-state index in [0.29, 0.717) is 10.8 Å². The molecular weight excluding hydrogens is 392 g/mol. The van der Waals surface area contributed by atoms with Gasteiger partial charge in [0.05, 0.1) is 11.9 Å². The molecule has 142 valence electrons. The zero-order valence-corrected chi connectivity index (χ0v) is 17.8. The second-order valence-electron chi connectivity index (χ2n) is 5.88. The minimum atomic E-state index is -3.66. The SMILES string of the molecule is CCSc1nnc(NC(=O)[C@H](C)N(c2cc(C)cc(C)c2)S(C)(=O)=O)s1. The molecule has 0 fully saturated rings. The van der Waals surface area contributed by atoms with Crippen LogP contribution in [0.15, 0.2) is 22.5 Å². The average molecular weight is 415 g/mol. The fraction of sp³-hybridized carbons (Fsp3) is 0.438. The van der Waals surface area contributed by atoms with Crippen molar-refractivity contribution < 1.29 is 13.2 Å². The second-order valence-corrected chi connectivity index (χ2v) is 10.2. The van der Waals surface area contributed by atoms with Crippen molar-refractivity contribution in [1.29, 1.82) is 0 Å². The Hall–Kier alpha value is -1.65. The minimum Gasteiger partial charge on any atom is -0.299 e. The summed E-state index contributed by atoms with van der Waals surface area (Å²) in [6.07, 6.45) is 1.09. The molecule has 0 unspecified atom stereocenters. The third-order valence-electron chi connectivity index (χ3n) is 3.45. The van der Waals surface area contributed by atoms with Crippen molar-refractivity contribution in [1.82, 2.24) is 10.2 Å². The highest BCUT2D eigenvalue weighted by atomic mass is 32.2. The average Bonchev–Trinajstić information content (AvgIpc) is 2.92. The van der Waals surface area contributed by atoms with Gasteiger partial charge in [-0.1, -0.05) is 36.1 Å². The first-order chi connectivity index (χ1) is 12.1. The maximum Gasteiger partial charge on any atom is 0.249 e. The largest absolute Gasteiger partial charge is 0.299 e. The lowest BCUT2D eigenvalue weighted by molar-refractivity contribution is -0.116. The van der Waals surface area contributed by atoms with Crippen LogP contribution in [0.3, 0.4) is 0 Å². The van der Waals surface area contributed by atoms with Gasteiger partial charge in [0.15, 0.2) is 4.34 Å². The summed E-state index contributed by atoms with van der Waals surface area (Å²) in [5.74, 6) is 0.395. The topological polar surface area (TPSA) is 92.3 Å². The van der Waals surface area contributed by atoms with Crippen LogP contribution in [0.4, 0.5) is 10.8 Å². The van der Waals surface area contributed by atoms with Crippen LogP contribution in [0.5, 0.6) is 0 Å². The number of nitrogens with zero attached hydrogens (tertiary/aromatic N) is 3. The summed E-state index contributed by atoms with van der Waals surface area (Å²) in [4.78, 5) is 12.6. The van der Waals surface area contributed by atoms with E-state index in [4.69, 9.17) is 0 Å². The highest BCUT2D eigenvalue weighted by Gasteiger charge is 2.30. The van der Waals surface area contributed by atoms with Crippen molar-refractivity contribution in [2.75, 3.05) is 21.6 Å². The first-order valence-electron chi connectivity index (χ1n) is 7.96. The first-order valence-corrected chi connectivity index (χ1v) is 11.6. The third-order valence-corrected chi connectivity index (χ3v) is 6.55. The molecule has 0 saturated heterocycles. The molecule has 1 aromatic heterocycles. The predicted octanol–water partition coefficient (Wildman–Crippen LogP) is 3.06. The molecule has 2 rings (SSSR count). The number of nitrogens with one attached hydrogen (secondary N) is 1. The van der Waals surface area contributed by atoms with Crippen LogP contribution in [0.2, 0.25) is 0 Å². The number of carbonyl (C=O) groups is 1. The Balaban J connectivity index is 2.28. The quantitative estimate of drug-likeness (QED) is 0.553. The number of carbonyl (C=O) groups excluding carboxylic acids is 1. The van der Waals surface area contributed by atoms with Gasteiger partial charge >= 0.3 is 0 Å². The summed E-state index contributed by atoms with van der Waals surface area (Å²) in [5, 5.41) is 10.9. The molecule has 0 saturated carbocycles. The summed E-state index contributed by atoms with van der Waals surface area (Å²) in [6, 6.07) is 4.51. The number of rotatable bonds is 7. The Kier molecular flexibility index (Phi) is 6.64. The monoisotopic (exact) mass is 414 g/mol. The normalized spacial score (nSPS) is 12.7. The predicted molar refractivity (Wildman–Crippen MR) is 108 cm³/mol. The van der Waals surface area contributed by atoms with Crippen molar-refractivity contribution in [2.45, 2.75) is 38.1 Å². The number of aromatic nitrogens is 2. The molecule has 0 radical (unpaired) electrons. The Morgan fingerprint density at radius 3 is 2.42 bits per heavy atom. The molecule has 0 aliphatic heterocycles. The standard InChI is InChI=1S/C16H22N4O3S3/c1-6-24-16-19-18-15(25-16)17-14(21)12(4)20(26(5,22)23)13-8-10(2)7-11(3)9-13/h7-9,12H,6H2,1-5H3,(H,17,18,21)/t12-/m0/s1. The highest BCUT2D eigenvalue weighted by Crippen LogP contribution is 2.27. The van der Waals surface area contributed by atoms with E-state index >= 15 is 0 Å². The molecule has 7 nitrogen and oxygen atoms in total. The molecule has 0 aliphatic rings. The Bertz CT molecular complexity index is 876. The van der Waals surface area contributed by atoms with Crippen LogP contribution in [0, 0.1) is 13.8 Å². The van der Waals surface area contributed by atoms with Crippen molar-refractivity contribution >= 4 is 49.8 Å². The number of hydrogen-bond acceptors (Lipinski definition) is 7. The van der Waals surface area contributed by atoms with E-state index in [1.54, 1.807) is 19.1 Å². The van der Waals surface area contributed by atoms with E-state index in [9.17, 15) is 13.2 Å². The molecule has 1 heterocycles. The molecule has 0 bridgehead atoms. The summed E-state index contributed by atoms with van der Waals surface area (Å²) >= 11 is 2.79. The van der Waals surface area contributed by atoms with Crippen LogP contribution in [-0.4, -0.2) is 42.6 Å². The fourth-order valence-corrected chi connectivity index (χ4v) is 5.35. The van der Waals surface area contributed by atoms with Crippen LogP contribution in [0.25, 0.3) is 0 Å². The van der Waals surface area contributed by atoms with E-state index < -0.39 is 22.0 Å². The molecular formula is C16H22N4O3S3. The minimum absolute atomic E-state index is 0.353. The zero-order valence-electron chi connectivity index (χ0n) is 15.3. The molecule has 10 heteroatoms. The van der Waals surface area contributed by atoms with Gasteiger partial charge in [-0.2, -0.15) is 0 Å². The van der Waals surface area contributed by atoms with E-state index in [0.717, 1.165) is 31.8 Å². The molecule has 2 aromatic rings. The molecule has 1 aromatic carbocycles. The maximum absolute atomic E-state index is 12.6. The first kappa shape index (κ1) is 20.7. The third kappa shape index (κ3) is 5.18. The molecule has 0 spiro atoms. The number of benzene rings is 1. The van der Waals surface area contributed by atoms with Crippen LogP contribution >= 0.6 is 23.1 Å². The summed E-state index contributed by atoms with van der Waals surface area (Å²) in [5.41, 5.74) is 2.31. The lowest BCUT2D eigenvalue weighted by Crippen LogP contribution is -2.45. The van der Waals surface area contributed by atoms with Crippen LogP contribution < -0.4 is 9.62 Å². The Morgan fingerprint density at radius 1 is 1.27 bits per heavy atom. The van der Waals surface area contributed by atoms with E-state index in [2.05, 4.69) is 15.5 Å². The molecule has 26 heavy (non-hydrogen) atoms. The number of hydrogen-bond donors (Lipinski definition) is 1. The molecule has 1 N–H and O–H groups in total. The number of thioether (sulfide) groups is 1. The van der Waals surface area contributed by atoms with Crippen LogP contribution in [0.1, 0.15) is 25.0 Å². The van der Waals surface area contributed by atoms with Gasteiger partial charge in [0.25, 0.3) is 0 Å². The fourth-order valence-electron chi connectivity index (χ4n) is 2.54. The van der Waals surface area contributed by atoms with Gasteiger partial charge in [0.2, 0.25) is 21.1 Å². The van der Waals surface area contributed by atoms with E-state index in [1.165, 1.54) is 23.1 Å². The van der Waals surface area contributed by atoms with E-state index in [-0.39, 0.29) is 0 Å². The summed E-state index contributed by atoms with van der Waals surface area (Å²) < 4.78 is 26.6. The number of amides is 1. The zero-order chi connectivity index (χ0) is 19.5. The number of anilines is 2. The number of sulfonamides is 1. The van der Waals surface area contributed by atoms with Crippen molar-refractivity contribution in [3.8, 4) is 0 Å². The lowest BCUT2D eigenvalue weighted by atomic mass is 10.1. The lowest BCUT2D eigenvalue weighted by Gasteiger charge is -2.28. The molecule has 0 aliphatic carbocycles. The van der Waals surface area contributed by atoms with Crippen molar-refractivity contribution in [3.63, 3.8) is 0 Å². The Labute approximate surface area is 162 Å². The number of aryl methyl sites for hydroxylation is 2. The molecule has 1 amide bonds. The van der Waals surface area contributed by atoms with E-state index in [1.807, 2.05) is 26.8 Å².